The van der Waals surface area contributed by atoms with Gasteiger partial charge in [0.25, 0.3) is 0 Å². The van der Waals surface area contributed by atoms with Gasteiger partial charge in [0.2, 0.25) is 5.91 Å². The molecule has 180 valence electrons. The maximum Gasteiger partial charge on any atom is 0.226 e. The third kappa shape index (κ3) is 5.37. The first-order valence-corrected chi connectivity index (χ1v) is 12.3. The topological polar surface area (TPSA) is 88.0 Å². The van der Waals surface area contributed by atoms with E-state index in [1.165, 1.54) is 11.5 Å². The number of rotatable bonds is 6. The van der Waals surface area contributed by atoms with Crippen LogP contribution in [0.25, 0.3) is 0 Å². The molecule has 2 aromatic heterocycles. The Morgan fingerprint density at radius 3 is 2.61 bits per heavy atom. The molecule has 4 heterocycles. The molecule has 1 unspecified atom stereocenters. The van der Waals surface area contributed by atoms with Gasteiger partial charge in [-0.05, 0) is 45.4 Å². The van der Waals surface area contributed by atoms with Crippen molar-refractivity contribution in [3.63, 3.8) is 0 Å². The molecule has 2 N–H and O–H groups in total. The first-order chi connectivity index (χ1) is 15.6. The largest absolute Gasteiger partial charge is 0.356 e. The molecule has 33 heavy (non-hydrogen) atoms. The fourth-order valence-corrected chi connectivity index (χ4v) is 4.89. The van der Waals surface area contributed by atoms with Gasteiger partial charge in [-0.3, -0.25) is 4.79 Å². The highest BCUT2D eigenvalue weighted by Crippen LogP contribution is 2.38. The molecule has 2 aliphatic rings. The summed E-state index contributed by atoms with van der Waals surface area (Å²) in [6.45, 7) is 16.9. The van der Waals surface area contributed by atoms with Crippen molar-refractivity contribution in [1.82, 2.24) is 24.8 Å². The van der Waals surface area contributed by atoms with Crippen LogP contribution in [0.3, 0.4) is 0 Å². The smallest absolute Gasteiger partial charge is 0.226 e. The number of piperidine rings is 1. The van der Waals surface area contributed by atoms with Gasteiger partial charge in [-0.2, -0.15) is 0 Å². The highest BCUT2D eigenvalue weighted by molar-refractivity contribution is 5.94. The first kappa shape index (κ1) is 23.7. The van der Waals surface area contributed by atoms with Gasteiger partial charge in [-0.1, -0.05) is 20.8 Å². The number of amides is 1. The van der Waals surface area contributed by atoms with E-state index in [4.69, 9.17) is 4.98 Å². The number of hydrogen-bond donors (Lipinski definition) is 2. The second kappa shape index (κ2) is 9.41. The number of carbonyl (C=O) groups is 1. The van der Waals surface area contributed by atoms with Crippen LogP contribution in [0.4, 0.5) is 11.6 Å². The molecule has 1 saturated heterocycles. The van der Waals surface area contributed by atoms with Crippen LogP contribution < -0.4 is 15.5 Å². The van der Waals surface area contributed by atoms with E-state index >= 15 is 0 Å². The molecule has 2 aromatic rings. The maximum absolute atomic E-state index is 11.9. The Morgan fingerprint density at radius 1 is 1.21 bits per heavy atom. The molecule has 8 nitrogen and oxygen atoms in total. The Kier molecular flexibility index (Phi) is 6.75. The van der Waals surface area contributed by atoms with Crippen molar-refractivity contribution in [2.45, 2.75) is 90.6 Å². The zero-order chi connectivity index (χ0) is 23.8. The number of fused-ring (bicyclic) bond motifs is 1. The summed E-state index contributed by atoms with van der Waals surface area (Å²) in [5, 5.41) is 6.52. The van der Waals surface area contributed by atoms with Crippen LogP contribution in [0.5, 0.6) is 0 Å². The van der Waals surface area contributed by atoms with Gasteiger partial charge in [0.1, 0.15) is 23.8 Å². The molecule has 0 aliphatic carbocycles. The van der Waals surface area contributed by atoms with E-state index in [-0.39, 0.29) is 17.4 Å². The van der Waals surface area contributed by atoms with E-state index in [9.17, 15) is 4.79 Å². The van der Waals surface area contributed by atoms with Crippen molar-refractivity contribution in [2.75, 3.05) is 29.9 Å². The molecule has 4 rings (SSSR count). The lowest BCUT2D eigenvalue weighted by Gasteiger charge is -2.35. The van der Waals surface area contributed by atoms with Crippen molar-refractivity contribution >= 4 is 17.5 Å². The van der Waals surface area contributed by atoms with Crippen molar-refractivity contribution in [1.29, 1.82) is 0 Å². The van der Waals surface area contributed by atoms with Crippen LogP contribution in [0.1, 0.15) is 95.6 Å². The number of carbonyl (C=O) groups excluding carboxylic acids is 1. The minimum Gasteiger partial charge on any atom is -0.356 e. The summed E-state index contributed by atoms with van der Waals surface area (Å²) in [4.78, 5) is 28.3. The average molecular weight is 454 g/mol. The van der Waals surface area contributed by atoms with Gasteiger partial charge in [-0.25, -0.2) is 15.0 Å². The number of aromatic nitrogens is 4. The summed E-state index contributed by atoms with van der Waals surface area (Å²) in [7, 11) is 0. The standard InChI is InChI=1S/C25H39N7O/c1-16(2)19-14-32(12-9-28-25(4,5)6)23(29-19)18-7-10-31(11-8-18)24-21-17(3)13-20(33)30-22(21)26-15-27-24/h14-18,28H,7-13H2,1-6H3,(H,26,27,30,33). The molecule has 1 amide bonds. The lowest BCUT2D eigenvalue weighted by atomic mass is 9.92. The molecule has 0 bridgehead atoms. The zero-order valence-corrected chi connectivity index (χ0v) is 21.0. The molecule has 2 aliphatic heterocycles. The third-order valence-electron chi connectivity index (χ3n) is 6.69. The summed E-state index contributed by atoms with van der Waals surface area (Å²) in [5.74, 6) is 3.90. The zero-order valence-electron chi connectivity index (χ0n) is 21.0. The lowest BCUT2D eigenvalue weighted by Crippen LogP contribution is -2.38. The van der Waals surface area contributed by atoms with Crippen molar-refractivity contribution in [3.05, 3.63) is 29.6 Å². The lowest BCUT2D eigenvalue weighted by molar-refractivity contribution is -0.116. The van der Waals surface area contributed by atoms with Gasteiger partial charge in [0, 0.05) is 55.8 Å². The van der Waals surface area contributed by atoms with Crippen LogP contribution in [0.2, 0.25) is 0 Å². The van der Waals surface area contributed by atoms with Gasteiger partial charge in [0.05, 0.1) is 5.69 Å². The third-order valence-corrected chi connectivity index (χ3v) is 6.69. The van der Waals surface area contributed by atoms with Gasteiger partial charge < -0.3 is 20.1 Å². The van der Waals surface area contributed by atoms with Crippen LogP contribution in [0.15, 0.2) is 12.5 Å². The van der Waals surface area contributed by atoms with Crippen LogP contribution >= 0.6 is 0 Å². The van der Waals surface area contributed by atoms with E-state index in [1.54, 1.807) is 6.33 Å². The normalized spacial score (nSPS) is 19.7. The monoisotopic (exact) mass is 453 g/mol. The Morgan fingerprint density at radius 2 is 1.94 bits per heavy atom. The van der Waals surface area contributed by atoms with E-state index in [2.05, 4.69) is 77.8 Å². The average Bonchev–Trinajstić information content (AvgIpc) is 3.17. The summed E-state index contributed by atoms with van der Waals surface area (Å²) >= 11 is 0. The van der Waals surface area contributed by atoms with Crippen LogP contribution in [-0.4, -0.2) is 50.6 Å². The summed E-state index contributed by atoms with van der Waals surface area (Å²) in [5.41, 5.74) is 2.37. The van der Waals surface area contributed by atoms with Crippen molar-refractivity contribution in [3.8, 4) is 0 Å². The summed E-state index contributed by atoms with van der Waals surface area (Å²) in [6, 6.07) is 0. The summed E-state index contributed by atoms with van der Waals surface area (Å²) in [6.07, 6.45) is 6.40. The fraction of sp³-hybridized carbons (Fsp3) is 0.680. The highest BCUT2D eigenvalue weighted by atomic mass is 16.1. The number of hydrogen-bond acceptors (Lipinski definition) is 6. The maximum atomic E-state index is 11.9. The minimum atomic E-state index is 0.0344. The van der Waals surface area contributed by atoms with Gasteiger partial charge in [0.15, 0.2) is 0 Å². The van der Waals surface area contributed by atoms with E-state index in [0.29, 0.717) is 24.1 Å². The van der Waals surface area contributed by atoms with Gasteiger partial charge >= 0.3 is 0 Å². The molecular formula is C25H39N7O. The van der Waals surface area contributed by atoms with E-state index < -0.39 is 0 Å². The van der Waals surface area contributed by atoms with Crippen LogP contribution in [0, 0.1) is 0 Å². The Bertz CT molecular complexity index is 983. The van der Waals surface area contributed by atoms with E-state index in [1.807, 2.05) is 0 Å². The molecule has 0 saturated carbocycles. The van der Waals surface area contributed by atoms with Crippen molar-refractivity contribution < 1.29 is 4.79 Å². The molecule has 0 spiro atoms. The number of nitrogens with zero attached hydrogens (tertiary/aromatic N) is 5. The Balaban J connectivity index is 1.48. The second-order valence-corrected chi connectivity index (χ2v) is 10.9. The second-order valence-electron chi connectivity index (χ2n) is 10.9. The molecule has 1 atom stereocenters. The van der Waals surface area contributed by atoms with E-state index in [0.717, 1.165) is 50.4 Å². The predicted molar refractivity (Wildman–Crippen MR) is 132 cm³/mol. The number of anilines is 2. The molecule has 0 radical (unpaired) electrons. The highest BCUT2D eigenvalue weighted by Gasteiger charge is 2.31. The van der Waals surface area contributed by atoms with Gasteiger partial charge in [-0.15, -0.1) is 0 Å². The quantitative estimate of drug-likeness (QED) is 0.687. The number of imidazole rings is 1. The number of nitrogens with one attached hydrogen (secondary N) is 2. The fourth-order valence-electron chi connectivity index (χ4n) is 4.89. The molecular weight excluding hydrogens is 414 g/mol. The Labute approximate surface area is 197 Å². The predicted octanol–water partition coefficient (Wildman–Crippen LogP) is 4.01. The molecule has 0 aromatic carbocycles. The minimum absolute atomic E-state index is 0.0344. The molecule has 1 fully saturated rings. The molecule has 8 heteroatoms. The van der Waals surface area contributed by atoms with Crippen LogP contribution in [-0.2, 0) is 11.3 Å². The first-order valence-electron chi connectivity index (χ1n) is 12.3. The Hall–Kier alpha value is -2.48. The SMILES string of the molecule is CC(C)c1cn(CCNC(C)(C)C)c(C2CCN(c3ncnc4c3C(C)CC(=O)N4)CC2)n1. The summed E-state index contributed by atoms with van der Waals surface area (Å²) < 4.78 is 2.37. The van der Waals surface area contributed by atoms with Crippen molar-refractivity contribution in [2.24, 2.45) is 0 Å².